The zero-order valence-electron chi connectivity index (χ0n) is 9.24. The number of rotatable bonds is 5. The van der Waals surface area contributed by atoms with Crippen LogP contribution < -0.4 is 5.73 Å². The fourth-order valence-electron chi connectivity index (χ4n) is 1.51. The molecule has 2 nitrogen and oxygen atoms in total. The average molecular weight is 202 g/mol. The van der Waals surface area contributed by atoms with E-state index >= 15 is 0 Å². The first kappa shape index (κ1) is 11.6. The molecule has 1 aromatic carbocycles. The second kappa shape index (κ2) is 6.10. The number of benzene rings is 1. The molecule has 80 valence electrons. The summed E-state index contributed by atoms with van der Waals surface area (Å²) in [5, 5.41) is 0. The first-order valence-corrected chi connectivity index (χ1v) is 5.26. The smallest absolute Gasteiger partial charge is 0.0598 e. The third-order valence-electron chi connectivity index (χ3n) is 2.43. The van der Waals surface area contributed by atoms with Crippen molar-refractivity contribution in [2.45, 2.75) is 13.3 Å². The van der Waals surface area contributed by atoms with Crippen LogP contribution in [0.1, 0.15) is 12.5 Å². The van der Waals surface area contributed by atoms with Gasteiger partial charge in [0.05, 0.1) is 6.54 Å². The van der Waals surface area contributed by atoms with Gasteiger partial charge in [-0.05, 0) is 30.7 Å². The minimum absolute atomic E-state index is 0.721. The second-order valence-corrected chi connectivity index (χ2v) is 3.57. The molecule has 0 saturated carbocycles. The molecule has 0 radical (unpaired) electrons. The van der Waals surface area contributed by atoms with E-state index < -0.39 is 0 Å². The van der Waals surface area contributed by atoms with Crippen LogP contribution >= 0.6 is 0 Å². The van der Waals surface area contributed by atoms with Crippen molar-refractivity contribution >= 4 is 5.69 Å². The average Bonchev–Trinajstić information content (AvgIpc) is 2.24. The van der Waals surface area contributed by atoms with E-state index in [1.165, 1.54) is 5.56 Å². The van der Waals surface area contributed by atoms with E-state index in [-0.39, 0.29) is 0 Å². The molecule has 0 atom stereocenters. The van der Waals surface area contributed by atoms with E-state index in [9.17, 15) is 0 Å². The molecule has 0 amide bonds. The standard InChI is InChI=1S/C13H18N2/c1-3-9-15(4-2)10-8-12-6-5-7-13(14)11-12/h1,5-7,11H,4,8-10,14H2,2H3. The van der Waals surface area contributed by atoms with Crippen molar-refractivity contribution in [2.75, 3.05) is 25.4 Å². The molecule has 0 heterocycles. The monoisotopic (exact) mass is 202 g/mol. The van der Waals surface area contributed by atoms with Gasteiger partial charge in [-0.25, -0.2) is 0 Å². The normalized spacial score (nSPS) is 10.2. The van der Waals surface area contributed by atoms with Crippen LogP contribution in [0.2, 0.25) is 0 Å². The molecule has 15 heavy (non-hydrogen) atoms. The molecule has 0 bridgehead atoms. The predicted octanol–water partition coefficient (Wildman–Crippen LogP) is 1.77. The lowest BCUT2D eigenvalue weighted by atomic mass is 10.1. The second-order valence-electron chi connectivity index (χ2n) is 3.57. The van der Waals surface area contributed by atoms with E-state index in [2.05, 4.69) is 23.8 Å². The molecule has 1 rings (SSSR count). The van der Waals surface area contributed by atoms with Gasteiger partial charge in [0.1, 0.15) is 0 Å². The predicted molar refractivity (Wildman–Crippen MR) is 65.5 cm³/mol. The third-order valence-corrected chi connectivity index (χ3v) is 2.43. The molecular formula is C13H18N2. The van der Waals surface area contributed by atoms with Crippen LogP contribution in [-0.4, -0.2) is 24.5 Å². The van der Waals surface area contributed by atoms with E-state index in [0.29, 0.717) is 0 Å². The highest BCUT2D eigenvalue weighted by molar-refractivity contribution is 5.40. The van der Waals surface area contributed by atoms with Gasteiger partial charge in [0.2, 0.25) is 0 Å². The highest BCUT2D eigenvalue weighted by Crippen LogP contribution is 2.07. The zero-order valence-corrected chi connectivity index (χ0v) is 9.24. The summed E-state index contributed by atoms with van der Waals surface area (Å²) in [4.78, 5) is 2.24. The van der Waals surface area contributed by atoms with Crippen LogP contribution in [0.3, 0.4) is 0 Å². The number of anilines is 1. The van der Waals surface area contributed by atoms with Crippen molar-refractivity contribution in [3.63, 3.8) is 0 Å². The lowest BCUT2D eigenvalue weighted by Gasteiger charge is -2.17. The van der Waals surface area contributed by atoms with Gasteiger partial charge >= 0.3 is 0 Å². The number of nitrogen functional groups attached to an aromatic ring is 1. The Hall–Kier alpha value is -1.46. The quantitative estimate of drug-likeness (QED) is 0.582. The number of nitrogens with two attached hydrogens (primary N) is 1. The van der Waals surface area contributed by atoms with Gasteiger partial charge in [-0.1, -0.05) is 25.0 Å². The first-order chi connectivity index (χ1) is 7.26. The van der Waals surface area contributed by atoms with Gasteiger partial charge in [0.15, 0.2) is 0 Å². The Morgan fingerprint density at radius 3 is 2.87 bits per heavy atom. The van der Waals surface area contributed by atoms with Crippen molar-refractivity contribution in [2.24, 2.45) is 0 Å². The number of nitrogens with zero attached hydrogens (tertiary/aromatic N) is 1. The van der Waals surface area contributed by atoms with Gasteiger partial charge in [-0.2, -0.15) is 0 Å². The number of hydrogen-bond donors (Lipinski definition) is 1. The summed E-state index contributed by atoms with van der Waals surface area (Å²) in [5.74, 6) is 2.67. The van der Waals surface area contributed by atoms with Crippen molar-refractivity contribution < 1.29 is 0 Å². The van der Waals surface area contributed by atoms with Crippen molar-refractivity contribution in [3.05, 3.63) is 29.8 Å². The molecule has 0 aliphatic heterocycles. The molecule has 0 fully saturated rings. The fraction of sp³-hybridized carbons (Fsp3) is 0.385. The highest BCUT2D eigenvalue weighted by atomic mass is 15.1. The molecule has 0 aromatic heterocycles. The molecular weight excluding hydrogens is 184 g/mol. The molecule has 2 heteroatoms. The Labute approximate surface area is 92.1 Å². The molecule has 0 spiro atoms. The van der Waals surface area contributed by atoms with Gasteiger partial charge in [0, 0.05) is 12.2 Å². The summed E-state index contributed by atoms with van der Waals surface area (Å²) in [6, 6.07) is 8.01. The summed E-state index contributed by atoms with van der Waals surface area (Å²) in [6.07, 6.45) is 6.29. The maximum Gasteiger partial charge on any atom is 0.0598 e. The van der Waals surface area contributed by atoms with Crippen LogP contribution in [0.5, 0.6) is 0 Å². The molecule has 0 unspecified atom stereocenters. The molecule has 2 N–H and O–H groups in total. The Balaban J connectivity index is 2.46. The summed E-state index contributed by atoms with van der Waals surface area (Å²) < 4.78 is 0. The zero-order chi connectivity index (χ0) is 11.1. The van der Waals surface area contributed by atoms with Gasteiger partial charge in [-0.15, -0.1) is 6.42 Å². The lowest BCUT2D eigenvalue weighted by Crippen LogP contribution is -2.26. The number of likely N-dealkylation sites (N-methyl/N-ethyl adjacent to an activating group) is 1. The lowest BCUT2D eigenvalue weighted by molar-refractivity contribution is 0.328. The number of terminal acetylenes is 1. The van der Waals surface area contributed by atoms with Crippen molar-refractivity contribution in [1.82, 2.24) is 4.90 Å². The Bertz CT molecular complexity index is 339. The van der Waals surface area contributed by atoms with Crippen LogP contribution in [0.15, 0.2) is 24.3 Å². The van der Waals surface area contributed by atoms with E-state index in [4.69, 9.17) is 12.2 Å². The first-order valence-electron chi connectivity index (χ1n) is 5.26. The van der Waals surface area contributed by atoms with E-state index in [1.54, 1.807) is 0 Å². The minimum Gasteiger partial charge on any atom is -0.399 e. The summed E-state index contributed by atoms with van der Waals surface area (Å²) in [7, 11) is 0. The molecule has 0 aliphatic rings. The third kappa shape index (κ3) is 4.05. The maximum absolute atomic E-state index is 5.71. The minimum atomic E-state index is 0.721. The van der Waals surface area contributed by atoms with Gasteiger partial charge in [0.25, 0.3) is 0 Å². The molecule has 0 saturated heterocycles. The highest BCUT2D eigenvalue weighted by Gasteiger charge is 2.00. The fourth-order valence-corrected chi connectivity index (χ4v) is 1.51. The summed E-state index contributed by atoms with van der Waals surface area (Å²) in [5.41, 5.74) is 7.81. The summed E-state index contributed by atoms with van der Waals surface area (Å²) >= 11 is 0. The van der Waals surface area contributed by atoms with Crippen LogP contribution in [0.25, 0.3) is 0 Å². The number of hydrogen-bond acceptors (Lipinski definition) is 2. The summed E-state index contributed by atoms with van der Waals surface area (Å²) in [6.45, 7) is 4.83. The van der Waals surface area contributed by atoms with E-state index in [1.807, 2.05) is 18.2 Å². The van der Waals surface area contributed by atoms with Gasteiger partial charge in [-0.3, -0.25) is 4.90 Å². The van der Waals surface area contributed by atoms with Crippen LogP contribution in [0.4, 0.5) is 5.69 Å². The Morgan fingerprint density at radius 2 is 2.27 bits per heavy atom. The van der Waals surface area contributed by atoms with Crippen molar-refractivity contribution in [3.8, 4) is 12.3 Å². The SMILES string of the molecule is C#CCN(CC)CCc1cccc(N)c1. The van der Waals surface area contributed by atoms with Gasteiger partial charge < -0.3 is 5.73 Å². The van der Waals surface area contributed by atoms with Crippen LogP contribution in [0, 0.1) is 12.3 Å². The van der Waals surface area contributed by atoms with E-state index in [0.717, 1.165) is 31.7 Å². The Morgan fingerprint density at radius 1 is 1.47 bits per heavy atom. The Kier molecular flexibility index (Phi) is 4.73. The van der Waals surface area contributed by atoms with Crippen LogP contribution in [-0.2, 0) is 6.42 Å². The largest absolute Gasteiger partial charge is 0.399 e. The molecule has 1 aromatic rings. The van der Waals surface area contributed by atoms with Crippen molar-refractivity contribution in [1.29, 1.82) is 0 Å². The molecule has 0 aliphatic carbocycles. The maximum atomic E-state index is 5.71. The topological polar surface area (TPSA) is 29.3 Å².